The number of rotatable bonds is 6. The SMILES string of the molecule is CN1CCN(CCCNC2CCc3cc(Br)ccc3C2)C(c2ccccc2)C1. The van der Waals surface area contributed by atoms with E-state index < -0.39 is 0 Å². The Bertz CT molecular complexity index is 764. The van der Waals surface area contributed by atoms with Crippen LogP contribution in [-0.2, 0) is 12.8 Å². The van der Waals surface area contributed by atoms with E-state index in [0.717, 1.165) is 13.1 Å². The van der Waals surface area contributed by atoms with Crippen molar-refractivity contribution in [2.75, 3.05) is 39.8 Å². The van der Waals surface area contributed by atoms with Gasteiger partial charge in [0.2, 0.25) is 0 Å². The van der Waals surface area contributed by atoms with Gasteiger partial charge in [0.25, 0.3) is 0 Å². The number of nitrogens with zero attached hydrogens (tertiary/aromatic N) is 2. The maximum atomic E-state index is 3.83. The maximum Gasteiger partial charge on any atom is 0.0475 e. The summed E-state index contributed by atoms with van der Waals surface area (Å²) in [5.41, 5.74) is 4.50. The molecule has 0 bridgehead atoms. The van der Waals surface area contributed by atoms with E-state index in [1.165, 1.54) is 66.5 Å². The second-order valence-electron chi connectivity index (χ2n) is 8.39. The first kappa shape index (κ1) is 20.1. The number of fused-ring (bicyclic) bond motifs is 1. The molecule has 28 heavy (non-hydrogen) atoms. The Labute approximate surface area is 178 Å². The molecule has 2 unspecified atom stereocenters. The normalized spacial score (nSPS) is 23.5. The van der Waals surface area contributed by atoms with Gasteiger partial charge in [-0.25, -0.2) is 0 Å². The van der Waals surface area contributed by atoms with Gasteiger partial charge in [0, 0.05) is 42.7 Å². The van der Waals surface area contributed by atoms with Crippen LogP contribution in [0.4, 0.5) is 0 Å². The van der Waals surface area contributed by atoms with Crippen LogP contribution in [-0.4, -0.2) is 55.6 Å². The first-order valence-electron chi connectivity index (χ1n) is 10.7. The van der Waals surface area contributed by atoms with E-state index in [1.54, 1.807) is 0 Å². The van der Waals surface area contributed by atoms with Gasteiger partial charge >= 0.3 is 0 Å². The van der Waals surface area contributed by atoms with Crippen molar-refractivity contribution < 1.29 is 0 Å². The quantitative estimate of drug-likeness (QED) is 0.674. The highest BCUT2D eigenvalue weighted by atomic mass is 79.9. The third kappa shape index (κ3) is 5.04. The summed E-state index contributed by atoms with van der Waals surface area (Å²) in [6, 6.07) is 19.0. The van der Waals surface area contributed by atoms with Crippen molar-refractivity contribution in [1.29, 1.82) is 0 Å². The highest BCUT2D eigenvalue weighted by molar-refractivity contribution is 9.10. The lowest BCUT2D eigenvalue weighted by Crippen LogP contribution is -2.47. The van der Waals surface area contributed by atoms with Crippen molar-refractivity contribution in [2.24, 2.45) is 0 Å². The van der Waals surface area contributed by atoms with E-state index in [1.807, 2.05) is 0 Å². The summed E-state index contributed by atoms with van der Waals surface area (Å²) < 4.78 is 1.21. The fraction of sp³-hybridized carbons (Fsp3) is 0.500. The molecule has 1 saturated heterocycles. The van der Waals surface area contributed by atoms with Crippen LogP contribution in [0.1, 0.15) is 35.6 Å². The topological polar surface area (TPSA) is 18.5 Å². The van der Waals surface area contributed by atoms with Crippen LogP contribution in [0.15, 0.2) is 53.0 Å². The van der Waals surface area contributed by atoms with Gasteiger partial charge in [-0.1, -0.05) is 52.3 Å². The largest absolute Gasteiger partial charge is 0.314 e. The standard InChI is InChI=1S/C24H32BrN3/c1-27-14-15-28(24(18-27)19-6-3-2-4-7-19)13-5-12-26-23-11-9-20-16-22(25)10-8-21(20)17-23/h2-4,6-8,10,16,23-24,26H,5,9,11-15,17-18H2,1H3. The number of hydrogen-bond acceptors (Lipinski definition) is 3. The zero-order valence-corrected chi connectivity index (χ0v) is 18.5. The second-order valence-corrected chi connectivity index (χ2v) is 9.30. The summed E-state index contributed by atoms with van der Waals surface area (Å²) in [6.45, 7) is 5.76. The van der Waals surface area contributed by atoms with Crippen molar-refractivity contribution in [1.82, 2.24) is 15.1 Å². The minimum Gasteiger partial charge on any atom is -0.314 e. The van der Waals surface area contributed by atoms with Gasteiger partial charge in [-0.05, 0) is 68.1 Å². The van der Waals surface area contributed by atoms with E-state index in [4.69, 9.17) is 0 Å². The van der Waals surface area contributed by atoms with Crippen LogP contribution >= 0.6 is 15.9 Å². The van der Waals surface area contributed by atoms with Crippen molar-refractivity contribution in [2.45, 2.75) is 37.8 Å². The van der Waals surface area contributed by atoms with Crippen LogP contribution in [0, 0.1) is 0 Å². The molecule has 2 aromatic rings. The highest BCUT2D eigenvalue weighted by Crippen LogP contribution is 2.26. The average molecular weight is 442 g/mol. The minimum atomic E-state index is 0.528. The lowest BCUT2D eigenvalue weighted by molar-refractivity contribution is 0.0886. The van der Waals surface area contributed by atoms with Crippen molar-refractivity contribution in [3.8, 4) is 0 Å². The molecule has 2 aromatic carbocycles. The van der Waals surface area contributed by atoms with E-state index in [9.17, 15) is 0 Å². The Kier molecular flexibility index (Phi) is 6.84. The van der Waals surface area contributed by atoms with Crippen molar-refractivity contribution >= 4 is 15.9 Å². The van der Waals surface area contributed by atoms with Gasteiger partial charge in [0.15, 0.2) is 0 Å². The summed E-state index contributed by atoms with van der Waals surface area (Å²) in [6.07, 6.45) is 4.84. The summed E-state index contributed by atoms with van der Waals surface area (Å²) in [5.74, 6) is 0. The Hall–Kier alpha value is -1.20. The summed E-state index contributed by atoms with van der Waals surface area (Å²) in [5, 5.41) is 3.83. The summed E-state index contributed by atoms with van der Waals surface area (Å²) >= 11 is 3.60. The number of nitrogens with one attached hydrogen (secondary N) is 1. The molecule has 0 spiro atoms. The fourth-order valence-electron chi connectivity index (χ4n) is 4.70. The zero-order chi connectivity index (χ0) is 19.3. The van der Waals surface area contributed by atoms with E-state index >= 15 is 0 Å². The molecule has 1 N–H and O–H groups in total. The molecule has 1 fully saturated rings. The first-order valence-corrected chi connectivity index (χ1v) is 11.5. The number of piperazine rings is 1. The summed E-state index contributed by atoms with van der Waals surface area (Å²) in [4.78, 5) is 5.15. The second kappa shape index (κ2) is 9.53. The van der Waals surface area contributed by atoms with Crippen molar-refractivity contribution in [3.05, 3.63) is 69.7 Å². The van der Waals surface area contributed by atoms with Gasteiger partial charge in [-0.2, -0.15) is 0 Å². The fourth-order valence-corrected chi connectivity index (χ4v) is 5.11. The average Bonchev–Trinajstić information content (AvgIpc) is 2.72. The Morgan fingerprint density at radius 2 is 1.93 bits per heavy atom. The number of aryl methyl sites for hydroxylation is 1. The zero-order valence-electron chi connectivity index (χ0n) is 16.9. The van der Waals surface area contributed by atoms with Crippen LogP contribution in [0.3, 0.4) is 0 Å². The number of hydrogen-bond donors (Lipinski definition) is 1. The number of likely N-dealkylation sites (N-methyl/N-ethyl adjacent to an activating group) is 1. The minimum absolute atomic E-state index is 0.528. The molecule has 1 heterocycles. The molecular weight excluding hydrogens is 410 g/mol. The van der Waals surface area contributed by atoms with E-state index in [2.05, 4.69) is 86.6 Å². The number of halogens is 1. The van der Waals surface area contributed by atoms with E-state index in [-0.39, 0.29) is 0 Å². The monoisotopic (exact) mass is 441 g/mol. The van der Waals surface area contributed by atoms with Gasteiger partial charge in [0.05, 0.1) is 0 Å². The van der Waals surface area contributed by atoms with E-state index in [0.29, 0.717) is 12.1 Å². The van der Waals surface area contributed by atoms with Crippen LogP contribution in [0.5, 0.6) is 0 Å². The van der Waals surface area contributed by atoms with Gasteiger partial charge < -0.3 is 10.2 Å². The predicted octanol–water partition coefficient (Wildman–Crippen LogP) is 4.27. The van der Waals surface area contributed by atoms with Crippen LogP contribution < -0.4 is 5.32 Å². The molecule has 1 aliphatic carbocycles. The van der Waals surface area contributed by atoms with Crippen LogP contribution in [0.2, 0.25) is 0 Å². The third-order valence-corrected chi connectivity index (χ3v) is 6.82. The molecular formula is C24H32BrN3. The van der Waals surface area contributed by atoms with Crippen molar-refractivity contribution in [3.63, 3.8) is 0 Å². The Morgan fingerprint density at radius 3 is 2.79 bits per heavy atom. The van der Waals surface area contributed by atoms with Crippen LogP contribution in [0.25, 0.3) is 0 Å². The molecule has 0 aromatic heterocycles. The molecule has 1 aliphatic heterocycles. The molecule has 0 amide bonds. The molecule has 4 rings (SSSR count). The molecule has 0 radical (unpaired) electrons. The third-order valence-electron chi connectivity index (χ3n) is 6.33. The molecule has 2 aliphatic rings. The molecule has 3 nitrogen and oxygen atoms in total. The smallest absolute Gasteiger partial charge is 0.0475 e. The molecule has 2 atom stereocenters. The molecule has 4 heteroatoms. The predicted molar refractivity (Wildman–Crippen MR) is 121 cm³/mol. The first-order chi connectivity index (χ1) is 13.7. The Morgan fingerprint density at radius 1 is 1.07 bits per heavy atom. The maximum absolute atomic E-state index is 3.83. The molecule has 0 saturated carbocycles. The van der Waals surface area contributed by atoms with Gasteiger partial charge in [-0.15, -0.1) is 0 Å². The van der Waals surface area contributed by atoms with Gasteiger partial charge in [0.1, 0.15) is 0 Å². The summed E-state index contributed by atoms with van der Waals surface area (Å²) in [7, 11) is 2.24. The van der Waals surface area contributed by atoms with Gasteiger partial charge in [-0.3, -0.25) is 4.90 Å². The lowest BCUT2D eigenvalue weighted by atomic mass is 9.88. The number of benzene rings is 2. The molecule has 150 valence electrons. The lowest BCUT2D eigenvalue weighted by Gasteiger charge is -2.40. The highest BCUT2D eigenvalue weighted by Gasteiger charge is 2.26. The Balaban J connectivity index is 1.26.